The summed E-state index contributed by atoms with van der Waals surface area (Å²) in [6.07, 6.45) is 3.34. The van der Waals surface area contributed by atoms with Gasteiger partial charge in [-0.25, -0.2) is 4.79 Å². The molecule has 0 aliphatic carbocycles. The van der Waals surface area contributed by atoms with Gasteiger partial charge in [0.05, 0.1) is 17.4 Å². The third kappa shape index (κ3) is 2.51. The van der Waals surface area contributed by atoms with Gasteiger partial charge in [0.2, 0.25) is 0 Å². The van der Waals surface area contributed by atoms with Crippen LogP contribution in [0.5, 0.6) is 0 Å². The normalized spacial score (nSPS) is 11.1. The number of aromatic nitrogens is 2. The van der Waals surface area contributed by atoms with E-state index >= 15 is 0 Å². The number of nitrogens with zero attached hydrogens (tertiary/aromatic N) is 2. The molecule has 0 saturated carbocycles. The van der Waals surface area contributed by atoms with Crippen molar-refractivity contribution in [2.75, 3.05) is 0 Å². The Labute approximate surface area is 103 Å². The summed E-state index contributed by atoms with van der Waals surface area (Å²) in [7, 11) is 0. The van der Waals surface area contributed by atoms with Gasteiger partial charge in [-0.1, -0.05) is 27.7 Å². The van der Waals surface area contributed by atoms with Gasteiger partial charge in [-0.05, 0) is 25.7 Å². The average Bonchev–Trinajstić information content (AvgIpc) is 2.69. The number of aromatic carboxylic acids is 1. The van der Waals surface area contributed by atoms with Gasteiger partial charge in [0.25, 0.3) is 0 Å². The van der Waals surface area contributed by atoms with Crippen LogP contribution in [-0.2, 0) is 12.8 Å². The van der Waals surface area contributed by atoms with Crippen molar-refractivity contribution in [2.45, 2.75) is 59.4 Å². The fraction of sp³-hybridized carbons (Fsp3) is 0.692. The second-order valence-corrected chi connectivity index (χ2v) is 4.20. The predicted octanol–water partition coefficient (Wildman–Crippen LogP) is 3.07. The van der Waals surface area contributed by atoms with E-state index < -0.39 is 5.97 Å². The van der Waals surface area contributed by atoms with Crippen molar-refractivity contribution in [3.63, 3.8) is 0 Å². The highest BCUT2D eigenvalue weighted by molar-refractivity contribution is 5.90. The van der Waals surface area contributed by atoms with E-state index in [1.807, 2.05) is 18.5 Å². The van der Waals surface area contributed by atoms with E-state index in [1.165, 1.54) is 0 Å². The van der Waals surface area contributed by atoms with E-state index in [4.69, 9.17) is 0 Å². The zero-order valence-corrected chi connectivity index (χ0v) is 11.2. The van der Waals surface area contributed by atoms with Gasteiger partial charge in [0.15, 0.2) is 0 Å². The topological polar surface area (TPSA) is 55.1 Å². The number of hydrogen-bond acceptors (Lipinski definition) is 2. The molecule has 17 heavy (non-hydrogen) atoms. The number of aryl methyl sites for hydroxylation is 1. The number of carbonyl (C=O) groups is 1. The average molecular weight is 238 g/mol. The molecule has 0 amide bonds. The Morgan fingerprint density at radius 3 is 2.18 bits per heavy atom. The molecule has 0 aliphatic heterocycles. The maximum atomic E-state index is 11.3. The molecule has 0 radical (unpaired) electrons. The highest BCUT2D eigenvalue weighted by Gasteiger charge is 2.23. The molecular weight excluding hydrogens is 216 g/mol. The largest absolute Gasteiger partial charge is 0.478 e. The maximum Gasteiger partial charge on any atom is 0.339 e. The van der Waals surface area contributed by atoms with Crippen LogP contribution in [0, 0.1) is 0 Å². The second kappa shape index (κ2) is 5.84. The van der Waals surface area contributed by atoms with E-state index in [0.29, 0.717) is 30.1 Å². The summed E-state index contributed by atoms with van der Waals surface area (Å²) < 4.78 is 1.93. The zero-order chi connectivity index (χ0) is 13.0. The van der Waals surface area contributed by atoms with Crippen LogP contribution in [0.1, 0.15) is 68.3 Å². The molecule has 0 atom stereocenters. The van der Waals surface area contributed by atoms with E-state index in [2.05, 4.69) is 18.9 Å². The van der Waals surface area contributed by atoms with Gasteiger partial charge in [0.1, 0.15) is 5.56 Å². The minimum atomic E-state index is -0.851. The Kier molecular flexibility index (Phi) is 4.73. The van der Waals surface area contributed by atoms with Crippen molar-refractivity contribution in [1.82, 2.24) is 9.78 Å². The van der Waals surface area contributed by atoms with Crippen LogP contribution in [0.4, 0.5) is 0 Å². The Balaban J connectivity index is 3.36. The van der Waals surface area contributed by atoms with Crippen molar-refractivity contribution in [2.24, 2.45) is 0 Å². The molecule has 0 aliphatic rings. The lowest BCUT2D eigenvalue weighted by atomic mass is 10.1. The highest BCUT2D eigenvalue weighted by Crippen LogP contribution is 2.23. The van der Waals surface area contributed by atoms with Crippen LogP contribution in [0.25, 0.3) is 0 Å². The van der Waals surface area contributed by atoms with Crippen LogP contribution < -0.4 is 0 Å². The number of hydrogen-bond donors (Lipinski definition) is 1. The quantitative estimate of drug-likeness (QED) is 0.828. The van der Waals surface area contributed by atoms with Crippen molar-refractivity contribution in [3.8, 4) is 0 Å². The second-order valence-electron chi connectivity index (χ2n) is 4.20. The van der Waals surface area contributed by atoms with E-state index in [0.717, 1.165) is 18.5 Å². The first kappa shape index (κ1) is 13.7. The summed E-state index contributed by atoms with van der Waals surface area (Å²) >= 11 is 0. The number of rotatable bonds is 6. The molecule has 96 valence electrons. The molecule has 0 unspecified atom stereocenters. The first-order valence-electron chi connectivity index (χ1n) is 6.44. The summed E-state index contributed by atoms with van der Waals surface area (Å²) in [4.78, 5) is 11.3. The molecule has 4 nitrogen and oxygen atoms in total. The molecule has 1 rings (SSSR count). The minimum Gasteiger partial charge on any atom is -0.478 e. The fourth-order valence-corrected chi connectivity index (χ4v) is 2.29. The molecule has 0 spiro atoms. The van der Waals surface area contributed by atoms with Gasteiger partial charge in [-0.15, -0.1) is 0 Å². The molecule has 1 aromatic rings. The Morgan fingerprint density at radius 1 is 1.24 bits per heavy atom. The van der Waals surface area contributed by atoms with Crippen LogP contribution >= 0.6 is 0 Å². The minimum absolute atomic E-state index is 0.309. The fourth-order valence-electron chi connectivity index (χ4n) is 2.29. The third-order valence-corrected chi connectivity index (χ3v) is 3.25. The van der Waals surface area contributed by atoms with Crippen molar-refractivity contribution in [3.05, 3.63) is 17.0 Å². The third-order valence-electron chi connectivity index (χ3n) is 3.25. The molecule has 1 aromatic heterocycles. The van der Waals surface area contributed by atoms with Gasteiger partial charge in [0, 0.05) is 0 Å². The van der Waals surface area contributed by atoms with Crippen LogP contribution in [0.3, 0.4) is 0 Å². The summed E-state index contributed by atoms with van der Waals surface area (Å²) in [6.45, 7) is 8.16. The van der Waals surface area contributed by atoms with Gasteiger partial charge >= 0.3 is 5.97 Å². The van der Waals surface area contributed by atoms with Gasteiger partial charge < -0.3 is 5.11 Å². The number of carboxylic acids is 1. The predicted molar refractivity (Wildman–Crippen MR) is 67.6 cm³/mol. The van der Waals surface area contributed by atoms with E-state index in [9.17, 15) is 9.90 Å². The van der Waals surface area contributed by atoms with Crippen LogP contribution in [0.15, 0.2) is 0 Å². The van der Waals surface area contributed by atoms with Gasteiger partial charge in [-0.2, -0.15) is 5.10 Å². The molecule has 1 heterocycles. The molecule has 0 bridgehead atoms. The lowest BCUT2D eigenvalue weighted by Crippen LogP contribution is -2.13. The standard InChI is InChI=1S/C13H22N2O2/c1-5-9(6-2)15-11(8-4)12(13(16)17)10(7-3)14-15/h9H,5-8H2,1-4H3,(H,16,17). The molecule has 0 fully saturated rings. The van der Waals surface area contributed by atoms with E-state index in [1.54, 1.807) is 0 Å². The lowest BCUT2D eigenvalue weighted by Gasteiger charge is -2.16. The highest BCUT2D eigenvalue weighted by atomic mass is 16.4. The Bertz CT molecular complexity index is 392. The summed E-state index contributed by atoms with van der Waals surface area (Å²) in [5.41, 5.74) is 1.99. The Hall–Kier alpha value is -1.32. The van der Waals surface area contributed by atoms with Gasteiger partial charge in [-0.3, -0.25) is 4.68 Å². The smallest absolute Gasteiger partial charge is 0.339 e. The van der Waals surface area contributed by atoms with E-state index in [-0.39, 0.29) is 0 Å². The zero-order valence-electron chi connectivity index (χ0n) is 11.2. The molecule has 4 heteroatoms. The summed E-state index contributed by atoms with van der Waals surface area (Å²) in [6, 6.07) is 0.309. The van der Waals surface area contributed by atoms with Crippen molar-refractivity contribution >= 4 is 5.97 Å². The monoisotopic (exact) mass is 238 g/mol. The first-order chi connectivity index (χ1) is 8.10. The number of carboxylic acid groups (broad SMARTS) is 1. The SMILES string of the molecule is CCc1nn(C(CC)CC)c(CC)c1C(=O)O. The van der Waals surface area contributed by atoms with Crippen LogP contribution in [-0.4, -0.2) is 20.9 Å². The molecular formula is C13H22N2O2. The van der Waals surface area contributed by atoms with Crippen LogP contribution in [0.2, 0.25) is 0 Å². The van der Waals surface area contributed by atoms with Crippen molar-refractivity contribution in [1.29, 1.82) is 0 Å². The Morgan fingerprint density at radius 2 is 1.82 bits per heavy atom. The first-order valence-corrected chi connectivity index (χ1v) is 6.44. The maximum absolute atomic E-state index is 11.3. The summed E-state index contributed by atoms with van der Waals surface area (Å²) in [5.74, 6) is -0.851. The molecule has 1 N–H and O–H groups in total. The summed E-state index contributed by atoms with van der Waals surface area (Å²) in [5, 5.41) is 13.8. The molecule has 0 aromatic carbocycles. The lowest BCUT2D eigenvalue weighted by molar-refractivity contribution is 0.0694. The molecule has 0 saturated heterocycles. The van der Waals surface area contributed by atoms with Crippen molar-refractivity contribution < 1.29 is 9.90 Å².